The summed E-state index contributed by atoms with van der Waals surface area (Å²) in [6.45, 7) is 4.62. The second-order valence-corrected chi connectivity index (χ2v) is 5.15. The van der Waals surface area contributed by atoms with Crippen LogP contribution >= 0.6 is 15.9 Å². The lowest BCUT2D eigenvalue weighted by Gasteiger charge is -2.09. The molecule has 20 heavy (non-hydrogen) atoms. The van der Waals surface area contributed by atoms with Crippen molar-refractivity contribution >= 4 is 33.3 Å². The number of anilines is 2. The molecule has 0 atom stereocenters. The summed E-state index contributed by atoms with van der Waals surface area (Å²) in [5.41, 5.74) is 2.02. The third-order valence-electron chi connectivity index (χ3n) is 2.66. The number of carbonyl (C=O) groups excluding carboxylic acids is 1. The van der Waals surface area contributed by atoms with Crippen LogP contribution in [0.15, 0.2) is 35.1 Å². The normalized spacial score (nSPS) is 10.2. The first-order valence-electron chi connectivity index (χ1n) is 6.23. The Hall–Kier alpha value is -1.95. The number of aromatic nitrogens is 2. The lowest BCUT2D eigenvalue weighted by Crippen LogP contribution is -2.15. The molecular weight excluding hydrogens is 320 g/mol. The van der Waals surface area contributed by atoms with Crippen molar-refractivity contribution in [2.24, 2.45) is 0 Å². The van der Waals surface area contributed by atoms with Crippen LogP contribution in [0, 0.1) is 6.92 Å². The Morgan fingerprint density at radius 2 is 2.15 bits per heavy atom. The van der Waals surface area contributed by atoms with Crippen molar-refractivity contribution in [3.63, 3.8) is 0 Å². The molecule has 1 amide bonds. The predicted molar refractivity (Wildman–Crippen MR) is 83.0 cm³/mol. The molecule has 0 fully saturated rings. The highest BCUT2D eigenvalue weighted by atomic mass is 79.9. The summed E-state index contributed by atoms with van der Waals surface area (Å²) in [4.78, 5) is 20.4. The van der Waals surface area contributed by atoms with Gasteiger partial charge in [0, 0.05) is 16.7 Å². The van der Waals surface area contributed by atoms with E-state index in [1.54, 1.807) is 6.20 Å². The van der Waals surface area contributed by atoms with Gasteiger partial charge >= 0.3 is 0 Å². The minimum Gasteiger partial charge on any atom is -0.369 e. The van der Waals surface area contributed by atoms with E-state index in [9.17, 15) is 4.79 Å². The molecule has 6 heteroatoms. The second kappa shape index (κ2) is 6.47. The van der Waals surface area contributed by atoms with Gasteiger partial charge in [-0.3, -0.25) is 9.78 Å². The van der Waals surface area contributed by atoms with Crippen molar-refractivity contribution in [1.29, 1.82) is 0 Å². The van der Waals surface area contributed by atoms with E-state index in [1.807, 2.05) is 32.0 Å². The van der Waals surface area contributed by atoms with E-state index in [-0.39, 0.29) is 11.6 Å². The first-order valence-corrected chi connectivity index (χ1v) is 7.03. The van der Waals surface area contributed by atoms with Gasteiger partial charge < -0.3 is 10.6 Å². The second-order valence-electron chi connectivity index (χ2n) is 4.23. The standard InChI is InChI=1S/C14H15BrN4O/c1-3-17-13-8-16-7-12(18-13)14(20)19-11-5-4-10(15)6-9(11)2/h4-8H,3H2,1-2H3,(H,17,18)(H,19,20). The van der Waals surface area contributed by atoms with Gasteiger partial charge in [0.15, 0.2) is 0 Å². The van der Waals surface area contributed by atoms with Gasteiger partial charge in [0.1, 0.15) is 11.5 Å². The number of rotatable bonds is 4. The Morgan fingerprint density at radius 3 is 2.85 bits per heavy atom. The molecule has 0 radical (unpaired) electrons. The van der Waals surface area contributed by atoms with Crippen LogP contribution in [0.1, 0.15) is 23.0 Å². The van der Waals surface area contributed by atoms with Gasteiger partial charge in [-0.25, -0.2) is 4.98 Å². The lowest BCUT2D eigenvalue weighted by atomic mass is 10.2. The van der Waals surface area contributed by atoms with E-state index in [4.69, 9.17) is 0 Å². The molecule has 2 rings (SSSR count). The summed E-state index contributed by atoms with van der Waals surface area (Å²) < 4.78 is 0.974. The minimum absolute atomic E-state index is 0.275. The van der Waals surface area contributed by atoms with E-state index in [1.165, 1.54) is 6.20 Å². The summed E-state index contributed by atoms with van der Waals surface area (Å²) in [5.74, 6) is 0.315. The van der Waals surface area contributed by atoms with Crippen LogP contribution in [0.25, 0.3) is 0 Å². The smallest absolute Gasteiger partial charge is 0.275 e. The number of amides is 1. The molecule has 1 aromatic heterocycles. The summed E-state index contributed by atoms with van der Waals surface area (Å²) >= 11 is 3.39. The largest absolute Gasteiger partial charge is 0.369 e. The highest BCUT2D eigenvalue weighted by molar-refractivity contribution is 9.10. The Balaban J connectivity index is 2.17. The molecule has 1 heterocycles. The quantitative estimate of drug-likeness (QED) is 0.900. The van der Waals surface area contributed by atoms with Crippen molar-refractivity contribution in [3.05, 3.63) is 46.3 Å². The van der Waals surface area contributed by atoms with Gasteiger partial charge in [-0.15, -0.1) is 0 Å². The zero-order chi connectivity index (χ0) is 14.5. The zero-order valence-corrected chi connectivity index (χ0v) is 12.9. The van der Waals surface area contributed by atoms with Gasteiger partial charge in [0.25, 0.3) is 5.91 Å². The van der Waals surface area contributed by atoms with Gasteiger partial charge in [-0.2, -0.15) is 0 Å². The summed E-state index contributed by atoms with van der Waals surface area (Å²) in [5, 5.41) is 5.86. The van der Waals surface area contributed by atoms with E-state index < -0.39 is 0 Å². The molecule has 0 spiro atoms. The van der Waals surface area contributed by atoms with E-state index in [0.717, 1.165) is 22.3 Å². The summed E-state index contributed by atoms with van der Waals surface area (Å²) in [7, 11) is 0. The fraction of sp³-hybridized carbons (Fsp3) is 0.214. The third-order valence-corrected chi connectivity index (χ3v) is 3.15. The maximum Gasteiger partial charge on any atom is 0.275 e. The minimum atomic E-state index is -0.275. The monoisotopic (exact) mass is 334 g/mol. The van der Waals surface area contributed by atoms with Crippen LogP contribution in [0.5, 0.6) is 0 Å². The fourth-order valence-corrected chi connectivity index (χ4v) is 2.17. The third kappa shape index (κ3) is 3.54. The van der Waals surface area contributed by atoms with Crippen molar-refractivity contribution in [1.82, 2.24) is 9.97 Å². The molecule has 0 aliphatic heterocycles. The molecule has 0 saturated carbocycles. The van der Waals surface area contributed by atoms with Crippen molar-refractivity contribution in [2.75, 3.05) is 17.2 Å². The number of hydrogen-bond donors (Lipinski definition) is 2. The van der Waals surface area contributed by atoms with Crippen LogP contribution in [-0.2, 0) is 0 Å². The Bertz CT molecular complexity index is 630. The van der Waals surface area contributed by atoms with Crippen molar-refractivity contribution in [3.8, 4) is 0 Å². The zero-order valence-electron chi connectivity index (χ0n) is 11.3. The molecule has 0 bridgehead atoms. The summed E-state index contributed by atoms with van der Waals surface area (Å²) in [6, 6.07) is 5.67. The van der Waals surface area contributed by atoms with Crippen LogP contribution in [-0.4, -0.2) is 22.4 Å². The van der Waals surface area contributed by atoms with E-state index in [2.05, 4.69) is 36.5 Å². The highest BCUT2D eigenvalue weighted by Crippen LogP contribution is 2.20. The van der Waals surface area contributed by atoms with Crippen LogP contribution < -0.4 is 10.6 Å². The molecule has 0 aliphatic rings. The number of nitrogens with one attached hydrogen (secondary N) is 2. The molecule has 2 N–H and O–H groups in total. The van der Waals surface area contributed by atoms with Crippen molar-refractivity contribution < 1.29 is 4.79 Å². The average Bonchev–Trinajstić information content (AvgIpc) is 2.42. The SMILES string of the molecule is CCNc1cncc(C(=O)Nc2ccc(Br)cc2C)n1. The topological polar surface area (TPSA) is 66.9 Å². The first-order chi connectivity index (χ1) is 9.60. The maximum atomic E-state index is 12.2. The number of carbonyl (C=O) groups is 1. The van der Waals surface area contributed by atoms with Crippen LogP contribution in [0.3, 0.4) is 0 Å². The predicted octanol–water partition coefficient (Wildman–Crippen LogP) is 3.23. The Labute approximate surface area is 126 Å². The number of nitrogens with zero attached hydrogens (tertiary/aromatic N) is 2. The van der Waals surface area contributed by atoms with Gasteiger partial charge in [0.2, 0.25) is 0 Å². The Morgan fingerprint density at radius 1 is 1.35 bits per heavy atom. The summed E-state index contributed by atoms with van der Waals surface area (Å²) in [6.07, 6.45) is 3.04. The van der Waals surface area contributed by atoms with E-state index >= 15 is 0 Å². The number of halogens is 1. The maximum absolute atomic E-state index is 12.2. The molecule has 2 aromatic rings. The van der Waals surface area contributed by atoms with Crippen LogP contribution in [0.2, 0.25) is 0 Å². The molecule has 1 aromatic carbocycles. The van der Waals surface area contributed by atoms with Gasteiger partial charge in [0.05, 0.1) is 12.4 Å². The molecule has 104 valence electrons. The molecule has 0 saturated heterocycles. The molecule has 0 unspecified atom stereocenters. The number of aryl methyl sites for hydroxylation is 1. The number of benzene rings is 1. The number of hydrogen-bond acceptors (Lipinski definition) is 4. The lowest BCUT2D eigenvalue weighted by molar-refractivity contribution is 0.102. The van der Waals surface area contributed by atoms with Gasteiger partial charge in [-0.05, 0) is 37.6 Å². The van der Waals surface area contributed by atoms with Crippen LogP contribution in [0.4, 0.5) is 11.5 Å². The van der Waals surface area contributed by atoms with Crippen molar-refractivity contribution in [2.45, 2.75) is 13.8 Å². The molecule has 5 nitrogen and oxygen atoms in total. The highest BCUT2D eigenvalue weighted by Gasteiger charge is 2.10. The van der Waals surface area contributed by atoms with Gasteiger partial charge in [-0.1, -0.05) is 15.9 Å². The Kier molecular flexibility index (Phi) is 4.68. The average molecular weight is 335 g/mol. The van der Waals surface area contributed by atoms with E-state index in [0.29, 0.717) is 5.82 Å². The molecule has 0 aliphatic carbocycles. The molecular formula is C14H15BrN4O. The fourth-order valence-electron chi connectivity index (χ4n) is 1.70. The first kappa shape index (κ1) is 14.5.